The lowest BCUT2D eigenvalue weighted by atomic mass is 9.93. The molecule has 1 aromatic heterocycles. The summed E-state index contributed by atoms with van der Waals surface area (Å²) in [6.07, 6.45) is 2.70. The van der Waals surface area contributed by atoms with Crippen LogP contribution in [0.3, 0.4) is 0 Å². The third-order valence-electron chi connectivity index (χ3n) is 5.91. The standard InChI is InChI=1S/C26H33NO3S/c1-26(2,14-18-7-8-19-5-3-4-6-21(19)13-18)27-15-22(29)17-30-25(20-9-10-20)24-12-11-23(16-28)31-24/h3-8,11-13,20,22,25,27-29H,9-10,14-17H2,1-2H3. The molecule has 4 rings (SSSR count). The van der Waals surface area contributed by atoms with Crippen LogP contribution in [0.15, 0.2) is 54.6 Å². The van der Waals surface area contributed by atoms with Crippen LogP contribution in [0, 0.1) is 5.92 Å². The highest BCUT2D eigenvalue weighted by molar-refractivity contribution is 7.12. The van der Waals surface area contributed by atoms with E-state index in [0.29, 0.717) is 19.1 Å². The zero-order chi connectivity index (χ0) is 21.8. The number of rotatable bonds is 11. The maximum Gasteiger partial charge on any atom is 0.0946 e. The van der Waals surface area contributed by atoms with Crippen molar-refractivity contribution in [2.24, 2.45) is 5.92 Å². The third kappa shape index (κ3) is 6.15. The van der Waals surface area contributed by atoms with E-state index >= 15 is 0 Å². The minimum Gasteiger partial charge on any atom is -0.391 e. The van der Waals surface area contributed by atoms with Gasteiger partial charge in [0.25, 0.3) is 0 Å². The van der Waals surface area contributed by atoms with Gasteiger partial charge in [0, 0.05) is 21.8 Å². The van der Waals surface area contributed by atoms with E-state index in [1.54, 1.807) is 11.3 Å². The summed E-state index contributed by atoms with van der Waals surface area (Å²) in [6.45, 7) is 5.22. The Kier molecular flexibility index (Phi) is 7.09. The fraction of sp³-hybridized carbons (Fsp3) is 0.462. The fourth-order valence-corrected chi connectivity index (χ4v) is 5.09. The molecule has 4 nitrogen and oxygen atoms in total. The van der Waals surface area contributed by atoms with Gasteiger partial charge in [0.15, 0.2) is 0 Å². The molecule has 166 valence electrons. The molecule has 3 N–H and O–H groups in total. The van der Waals surface area contributed by atoms with Crippen LogP contribution in [-0.4, -0.2) is 35.0 Å². The Morgan fingerprint density at radius 1 is 1.10 bits per heavy atom. The van der Waals surface area contributed by atoms with E-state index in [4.69, 9.17) is 4.74 Å². The van der Waals surface area contributed by atoms with Crippen molar-refractivity contribution in [2.45, 2.75) is 57.5 Å². The summed E-state index contributed by atoms with van der Waals surface area (Å²) in [5, 5.41) is 25.9. The first-order chi connectivity index (χ1) is 14.9. The second kappa shape index (κ2) is 9.80. The van der Waals surface area contributed by atoms with Gasteiger partial charge in [-0.2, -0.15) is 0 Å². The fourth-order valence-electron chi connectivity index (χ4n) is 4.07. The predicted molar refractivity (Wildman–Crippen MR) is 127 cm³/mol. The van der Waals surface area contributed by atoms with Gasteiger partial charge < -0.3 is 20.3 Å². The van der Waals surface area contributed by atoms with E-state index in [0.717, 1.165) is 16.2 Å². The molecule has 5 heteroatoms. The van der Waals surface area contributed by atoms with Crippen LogP contribution in [0.2, 0.25) is 0 Å². The monoisotopic (exact) mass is 439 g/mol. The van der Waals surface area contributed by atoms with E-state index in [2.05, 4.69) is 67.7 Å². The van der Waals surface area contributed by atoms with Crippen molar-refractivity contribution in [1.82, 2.24) is 5.32 Å². The first-order valence-electron chi connectivity index (χ1n) is 11.2. The molecule has 0 aliphatic heterocycles. The molecule has 0 saturated heterocycles. The average Bonchev–Trinajstić information content (AvgIpc) is 3.48. The Morgan fingerprint density at radius 3 is 2.58 bits per heavy atom. The number of hydrogen-bond acceptors (Lipinski definition) is 5. The zero-order valence-corrected chi connectivity index (χ0v) is 19.2. The highest BCUT2D eigenvalue weighted by Gasteiger charge is 2.34. The number of aliphatic hydroxyl groups excluding tert-OH is 2. The SMILES string of the molecule is CC(C)(Cc1ccc2ccccc2c1)NCC(O)COC(c1ccc(CO)s1)C1CC1. The molecule has 2 aromatic carbocycles. The number of nitrogens with one attached hydrogen (secondary N) is 1. The summed E-state index contributed by atoms with van der Waals surface area (Å²) < 4.78 is 6.14. The average molecular weight is 440 g/mol. The molecule has 31 heavy (non-hydrogen) atoms. The molecule has 1 aliphatic rings. The highest BCUT2D eigenvalue weighted by Crippen LogP contribution is 2.45. The summed E-state index contributed by atoms with van der Waals surface area (Å²) in [4.78, 5) is 2.12. The van der Waals surface area contributed by atoms with Crippen molar-refractivity contribution in [3.63, 3.8) is 0 Å². The Balaban J connectivity index is 1.28. The predicted octanol–water partition coefficient (Wildman–Crippen LogP) is 4.83. The van der Waals surface area contributed by atoms with Gasteiger partial charge in [0.1, 0.15) is 0 Å². The topological polar surface area (TPSA) is 61.7 Å². The number of benzene rings is 2. The molecule has 2 unspecified atom stereocenters. The van der Waals surface area contributed by atoms with Gasteiger partial charge in [0.05, 0.1) is 25.4 Å². The second-order valence-corrected chi connectivity index (χ2v) is 10.5. The van der Waals surface area contributed by atoms with Gasteiger partial charge in [-0.25, -0.2) is 0 Å². The number of ether oxygens (including phenoxy) is 1. The minimum absolute atomic E-state index is 0.0329. The number of fused-ring (bicyclic) bond motifs is 1. The Bertz CT molecular complexity index is 995. The molecular weight excluding hydrogens is 406 g/mol. The van der Waals surface area contributed by atoms with Gasteiger partial charge in [-0.3, -0.25) is 0 Å². The first kappa shape index (κ1) is 22.4. The smallest absolute Gasteiger partial charge is 0.0946 e. The van der Waals surface area contributed by atoms with E-state index in [1.165, 1.54) is 29.2 Å². The molecule has 2 atom stereocenters. The van der Waals surface area contributed by atoms with Crippen LogP contribution in [0.1, 0.15) is 48.1 Å². The zero-order valence-electron chi connectivity index (χ0n) is 18.4. The van der Waals surface area contributed by atoms with Gasteiger partial charge in [-0.15, -0.1) is 11.3 Å². The normalized spacial score (nSPS) is 16.5. The summed E-state index contributed by atoms with van der Waals surface area (Å²) in [6, 6.07) is 19.0. The number of thiophene rings is 1. The van der Waals surface area contributed by atoms with E-state index in [9.17, 15) is 10.2 Å². The van der Waals surface area contributed by atoms with Gasteiger partial charge in [0.2, 0.25) is 0 Å². The summed E-state index contributed by atoms with van der Waals surface area (Å²) in [5.41, 5.74) is 1.15. The third-order valence-corrected chi connectivity index (χ3v) is 7.04. The molecule has 1 aliphatic carbocycles. The molecule has 3 aromatic rings. The summed E-state index contributed by atoms with van der Waals surface area (Å²) in [7, 11) is 0. The lowest BCUT2D eigenvalue weighted by molar-refractivity contribution is -0.0196. The van der Waals surface area contributed by atoms with Crippen molar-refractivity contribution in [1.29, 1.82) is 0 Å². The van der Waals surface area contributed by atoms with Crippen LogP contribution < -0.4 is 5.32 Å². The van der Waals surface area contributed by atoms with Crippen molar-refractivity contribution in [3.05, 3.63) is 69.9 Å². The molecule has 1 saturated carbocycles. The van der Waals surface area contributed by atoms with E-state index < -0.39 is 6.10 Å². The molecular formula is C26H33NO3S. The van der Waals surface area contributed by atoms with Crippen LogP contribution in [0.25, 0.3) is 10.8 Å². The van der Waals surface area contributed by atoms with Crippen molar-refractivity contribution in [2.75, 3.05) is 13.2 Å². The summed E-state index contributed by atoms with van der Waals surface area (Å²) in [5.74, 6) is 0.537. The second-order valence-electron chi connectivity index (χ2n) is 9.33. The lowest BCUT2D eigenvalue weighted by Gasteiger charge is -2.28. The number of β-amino-alcohol motifs (C(OH)–C–C–N with tert-alkyl or cyclic N) is 1. The molecule has 0 radical (unpaired) electrons. The van der Waals surface area contributed by atoms with Crippen LogP contribution in [0.4, 0.5) is 0 Å². The van der Waals surface area contributed by atoms with Crippen LogP contribution >= 0.6 is 11.3 Å². The number of hydrogen-bond donors (Lipinski definition) is 3. The quantitative estimate of drug-likeness (QED) is 0.400. The molecule has 0 amide bonds. The Hall–Kier alpha value is -1.76. The lowest BCUT2D eigenvalue weighted by Crippen LogP contribution is -2.46. The van der Waals surface area contributed by atoms with E-state index in [-0.39, 0.29) is 18.2 Å². The largest absolute Gasteiger partial charge is 0.391 e. The van der Waals surface area contributed by atoms with Gasteiger partial charge in [-0.05, 0) is 67.5 Å². The number of aliphatic hydroxyl groups is 2. The Labute approximate surface area is 188 Å². The van der Waals surface area contributed by atoms with Crippen molar-refractivity contribution < 1.29 is 14.9 Å². The summed E-state index contributed by atoms with van der Waals surface area (Å²) >= 11 is 1.61. The highest BCUT2D eigenvalue weighted by atomic mass is 32.1. The molecule has 0 spiro atoms. The van der Waals surface area contributed by atoms with Crippen LogP contribution in [0.5, 0.6) is 0 Å². The van der Waals surface area contributed by atoms with E-state index in [1.807, 2.05) is 6.07 Å². The molecule has 0 bridgehead atoms. The van der Waals surface area contributed by atoms with Crippen LogP contribution in [-0.2, 0) is 17.8 Å². The van der Waals surface area contributed by atoms with Gasteiger partial charge in [-0.1, -0.05) is 42.5 Å². The maximum absolute atomic E-state index is 10.5. The van der Waals surface area contributed by atoms with Crippen molar-refractivity contribution >= 4 is 22.1 Å². The maximum atomic E-state index is 10.5. The minimum atomic E-state index is -0.561. The molecule has 1 fully saturated rings. The molecule has 1 heterocycles. The first-order valence-corrected chi connectivity index (χ1v) is 12.0. The van der Waals surface area contributed by atoms with Crippen molar-refractivity contribution in [3.8, 4) is 0 Å². The Morgan fingerprint density at radius 2 is 1.87 bits per heavy atom. The van der Waals surface area contributed by atoms with Gasteiger partial charge >= 0.3 is 0 Å².